The maximum atomic E-state index is 11.5. The Kier molecular flexibility index (Phi) is 3.28. The lowest BCUT2D eigenvalue weighted by atomic mass is 10.1. The second-order valence-corrected chi connectivity index (χ2v) is 4.81. The van der Waals surface area contributed by atoms with Crippen LogP contribution < -0.4 is 5.32 Å². The van der Waals surface area contributed by atoms with Crippen LogP contribution in [0.3, 0.4) is 0 Å². The maximum absolute atomic E-state index is 11.5. The highest BCUT2D eigenvalue weighted by atomic mass is 16.2. The molecule has 1 amide bonds. The molecule has 104 valence electrons. The summed E-state index contributed by atoms with van der Waals surface area (Å²) in [5, 5.41) is 2.68. The molecule has 1 aromatic carbocycles. The van der Waals surface area contributed by atoms with Crippen molar-refractivity contribution < 1.29 is 9.59 Å². The Morgan fingerprint density at radius 2 is 1.86 bits per heavy atom. The van der Waals surface area contributed by atoms with E-state index in [1.807, 2.05) is 65.9 Å². The maximum Gasteiger partial charge on any atom is 0.289 e. The Bertz CT molecular complexity index is 819. The molecule has 0 radical (unpaired) electrons. The van der Waals surface area contributed by atoms with Gasteiger partial charge in [0.1, 0.15) is 5.82 Å². The lowest BCUT2D eigenvalue weighted by molar-refractivity contribution is -0.127. The van der Waals surface area contributed by atoms with E-state index in [0.29, 0.717) is 5.82 Å². The van der Waals surface area contributed by atoms with Crippen LogP contribution >= 0.6 is 0 Å². The number of amides is 1. The molecule has 1 N–H and O–H groups in total. The van der Waals surface area contributed by atoms with Gasteiger partial charge in [0.05, 0.1) is 0 Å². The molecule has 0 bridgehead atoms. The first-order valence-corrected chi connectivity index (χ1v) is 6.63. The fraction of sp³-hybridized carbons (Fsp3) is 0.0588. The zero-order valence-electron chi connectivity index (χ0n) is 11.5. The minimum atomic E-state index is -0.657. The summed E-state index contributed by atoms with van der Waals surface area (Å²) >= 11 is 0. The predicted molar refractivity (Wildman–Crippen MR) is 82.3 cm³/mol. The fourth-order valence-electron chi connectivity index (χ4n) is 2.50. The molecule has 4 heteroatoms. The van der Waals surface area contributed by atoms with E-state index < -0.39 is 5.91 Å². The third-order valence-electron chi connectivity index (χ3n) is 3.42. The van der Waals surface area contributed by atoms with Gasteiger partial charge in [0.15, 0.2) is 0 Å². The second kappa shape index (κ2) is 5.25. The number of benzene rings is 1. The minimum Gasteiger partial charge on any atom is -0.305 e. The molecule has 0 unspecified atom stereocenters. The number of carbonyl (C=O) groups excluding carboxylic acids is 2. The van der Waals surface area contributed by atoms with Crippen LogP contribution in [0.1, 0.15) is 5.69 Å². The number of pyridine rings is 1. The zero-order chi connectivity index (χ0) is 14.8. The molecule has 21 heavy (non-hydrogen) atoms. The summed E-state index contributed by atoms with van der Waals surface area (Å²) in [5.41, 5.74) is 3.83. The number of nitrogens with zero attached hydrogens (tertiary/aromatic N) is 1. The number of aryl methyl sites for hydroxylation is 1. The third-order valence-corrected chi connectivity index (χ3v) is 3.42. The van der Waals surface area contributed by atoms with Gasteiger partial charge in [0, 0.05) is 16.8 Å². The van der Waals surface area contributed by atoms with E-state index in [2.05, 4.69) is 5.32 Å². The molecular formula is C17H14N2O2. The number of nitrogens with one attached hydrogen (secondary N) is 1. The third kappa shape index (κ3) is 2.31. The largest absolute Gasteiger partial charge is 0.305 e. The van der Waals surface area contributed by atoms with E-state index in [4.69, 9.17) is 0 Å². The van der Waals surface area contributed by atoms with Gasteiger partial charge < -0.3 is 9.72 Å². The Hall–Kier alpha value is -2.88. The van der Waals surface area contributed by atoms with Crippen LogP contribution in [-0.2, 0) is 9.59 Å². The van der Waals surface area contributed by atoms with Crippen LogP contribution in [-0.4, -0.2) is 16.6 Å². The van der Waals surface area contributed by atoms with Crippen molar-refractivity contribution in [1.29, 1.82) is 0 Å². The van der Waals surface area contributed by atoms with E-state index in [9.17, 15) is 9.59 Å². The summed E-state index contributed by atoms with van der Waals surface area (Å²) in [6.45, 7) is 1.96. The van der Waals surface area contributed by atoms with Crippen molar-refractivity contribution in [3.05, 3.63) is 60.3 Å². The lowest BCUT2D eigenvalue weighted by Crippen LogP contribution is -2.15. The molecule has 0 fully saturated rings. The first kappa shape index (κ1) is 13.1. The molecule has 0 saturated heterocycles. The smallest absolute Gasteiger partial charge is 0.289 e. The Balaban J connectivity index is 2.28. The Morgan fingerprint density at radius 1 is 1.10 bits per heavy atom. The molecule has 3 rings (SSSR count). The van der Waals surface area contributed by atoms with Crippen LogP contribution in [0.25, 0.3) is 16.6 Å². The van der Waals surface area contributed by atoms with Crippen molar-refractivity contribution in [3.63, 3.8) is 0 Å². The molecule has 0 aliphatic carbocycles. The number of fused-ring (bicyclic) bond motifs is 1. The topological polar surface area (TPSA) is 50.6 Å². The van der Waals surface area contributed by atoms with Crippen molar-refractivity contribution >= 4 is 23.5 Å². The SMILES string of the molecule is Cc1cccc2cc(-c3ccccc3)c(NC(=O)C=O)n12. The van der Waals surface area contributed by atoms with Crippen molar-refractivity contribution in [2.75, 3.05) is 5.32 Å². The summed E-state index contributed by atoms with van der Waals surface area (Å²) in [5.74, 6) is -0.0400. The van der Waals surface area contributed by atoms with E-state index in [1.165, 1.54) is 0 Å². The second-order valence-electron chi connectivity index (χ2n) is 4.81. The van der Waals surface area contributed by atoms with Gasteiger partial charge in [0.25, 0.3) is 5.91 Å². The highest BCUT2D eigenvalue weighted by Gasteiger charge is 2.15. The van der Waals surface area contributed by atoms with Gasteiger partial charge in [-0.25, -0.2) is 0 Å². The Labute approximate surface area is 122 Å². The molecule has 0 saturated carbocycles. The summed E-state index contributed by atoms with van der Waals surface area (Å²) in [6, 6.07) is 17.7. The number of aldehydes is 1. The number of carbonyl (C=O) groups is 2. The highest BCUT2D eigenvalue weighted by Crippen LogP contribution is 2.32. The average Bonchev–Trinajstić information content (AvgIpc) is 2.88. The monoisotopic (exact) mass is 278 g/mol. The van der Waals surface area contributed by atoms with E-state index >= 15 is 0 Å². The average molecular weight is 278 g/mol. The predicted octanol–water partition coefficient (Wildman–Crippen LogP) is 3.05. The highest BCUT2D eigenvalue weighted by molar-refractivity contribution is 6.29. The van der Waals surface area contributed by atoms with Crippen molar-refractivity contribution in [3.8, 4) is 11.1 Å². The number of rotatable bonds is 3. The summed E-state index contributed by atoms with van der Waals surface area (Å²) < 4.78 is 1.93. The molecule has 3 aromatic rings. The quantitative estimate of drug-likeness (QED) is 0.591. The van der Waals surface area contributed by atoms with Gasteiger partial charge in [-0.2, -0.15) is 0 Å². The van der Waals surface area contributed by atoms with Gasteiger partial charge in [-0.05, 0) is 30.7 Å². The van der Waals surface area contributed by atoms with E-state index in [-0.39, 0.29) is 6.29 Å². The van der Waals surface area contributed by atoms with Gasteiger partial charge in [-0.3, -0.25) is 9.59 Å². The molecule has 2 aromatic heterocycles. The number of hydrogen-bond acceptors (Lipinski definition) is 2. The minimum absolute atomic E-state index is 0.284. The molecule has 4 nitrogen and oxygen atoms in total. The first-order valence-electron chi connectivity index (χ1n) is 6.63. The standard InChI is InChI=1S/C17H14N2O2/c1-12-6-5-9-14-10-15(13-7-3-2-4-8-13)17(19(12)14)18-16(21)11-20/h2-11H,1H3,(H,18,21). The van der Waals surface area contributed by atoms with Crippen LogP contribution in [0, 0.1) is 6.92 Å². The zero-order valence-corrected chi connectivity index (χ0v) is 11.5. The Morgan fingerprint density at radius 3 is 2.57 bits per heavy atom. The molecular weight excluding hydrogens is 264 g/mol. The van der Waals surface area contributed by atoms with Gasteiger partial charge >= 0.3 is 0 Å². The van der Waals surface area contributed by atoms with Crippen LogP contribution in [0.15, 0.2) is 54.6 Å². The van der Waals surface area contributed by atoms with Crippen molar-refractivity contribution in [2.24, 2.45) is 0 Å². The summed E-state index contributed by atoms with van der Waals surface area (Å²) in [4.78, 5) is 22.2. The van der Waals surface area contributed by atoms with Crippen LogP contribution in [0.2, 0.25) is 0 Å². The van der Waals surface area contributed by atoms with E-state index in [1.54, 1.807) is 0 Å². The van der Waals surface area contributed by atoms with Crippen molar-refractivity contribution in [1.82, 2.24) is 4.40 Å². The van der Waals surface area contributed by atoms with Gasteiger partial charge in [0.2, 0.25) is 6.29 Å². The van der Waals surface area contributed by atoms with Crippen molar-refractivity contribution in [2.45, 2.75) is 6.92 Å². The van der Waals surface area contributed by atoms with Gasteiger partial charge in [-0.15, -0.1) is 0 Å². The van der Waals surface area contributed by atoms with E-state index in [0.717, 1.165) is 22.3 Å². The summed E-state index contributed by atoms with van der Waals surface area (Å²) in [7, 11) is 0. The molecule has 0 spiro atoms. The first-order chi connectivity index (χ1) is 10.2. The lowest BCUT2D eigenvalue weighted by Gasteiger charge is -2.09. The molecule has 0 aliphatic rings. The number of aromatic nitrogens is 1. The normalized spacial score (nSPS) is 10.5. The van der Waals surface area contributed by atoms with Crippen LogP contribution in [0.4, 0.5) is 5.82 Å². The fourth-order valence-corrected chi connectivity index (χ4v) is 2.50. The van der Waals surface area contributed by atoms with Gasteiger partial charge in [-0.1, -0.05) is 36.4 Å². The van der Waals surface area contributed by atoms with Crippen LogP contribution in [0.5, 0.6) is 0 Å². The summed E-state index contributed by atoms with van der Waals surface area (Å²) in [6.07, 6.45) is 0.284. The molecule has 2 heterocycles. The number of anilines is 1. The molecule has 0 aliphatic heterocycles. The number of hydrogen-bond donors (Lipinski definition) is 1. The molecule has 0 atom stereocenters.